The summed E-state index contributed by atoms with van der Waals surface area (Å²) in [5.74, 6) is -0.346. The maximum Gasteiger partial charge on any atom is 0.407 e. The molecule has 0 atom stereocenters. The minimum Gasteiger partial charge on any atom is -0.450 e. The van der Waals surface area contributed by atoms with Crippen molar-refractivity contribution < 1.29 is 18.7 Å². The van der Waals surface area contributed by atoms with Crippen LogP contribution in [-0.4, -0.2) is 43.1 Å². The predicted molar refractivity (Wildman–Crippen MR) is 75.0 cm³/mol. The van der Waals surface area contributed by atoms with E-state index in [0.717, 1.165) is 12.8 Å². The Morgan fingerprint density at radius 3 is 3.00 bits per heavy atom. The number of carbonyl (C=O) groups excluding carboxylic acids is 2. The zero-order chi connectivity index (χ0) is 15.2. The number of nitrogens with zero attached hydrogens (tertiary/aromatic N) is 2. The number of aldehydes is 1. The lowest BCUT2D eigenvalue weighted by molar-refractivity contribution is 0.111. The van der Waals surface area contributed by atoms with Gasteiger partial charge in [-0.05, 0) is 18.6 Å². The average Bonchev–Trinajstić information content (AvgIpc) is 2.44. The van der Waals surface area contributed by atoms with Crippen LogP contribution in [0.5, 0.6) is 0 Å². The van der Waals surface area contributed by atoms with Crippen LogP contribution in [0.2, 0.25) is 0 Å². The smallest absolute Gasteiger partial charge is 0.407 e. The molecule has 1 aromatic rings. The van der Waals surface area contributed by atoms with Gasteiger partial charge >= 0.3 is 6.09 Å². The Hall–Kier alpha value is -2.18. The van der Waals surface area contributed by atoms with E-state index >= 15 is 0 Å². The maximum atomic E-state index is 13.6. The van der Waals surface area contributed by atoms with Crippen molar-refractivity contribution in [1.29, 1.82) is 0 Å². The fourth-order valence-electron chi connectivity index (χ4n) is 1.99. The monoisotopic (exact) mass is 295 g/mol. The molecule has 2 heterocycles. The van der Waals surface area contributed by atoms with Gasteiger partial charge in [0.05, 0.1) is 12.6 Å². The lowest BCUT2D eigenvalue weighted by atomic mass is 10.1. The number of unbranched alkanes of at least 4 members (excludes halogenated alkanes) is 1. The highest BCUT2D eigenvalue weighted by molar-refractivity contribution is 5.73. The molecule has 114 valence electrons. The number of carbonyl (C=O) groups is 2. The lowest BCUT2D eigenvalue weighted by Crippen LogP contribution is -2.60. The number of rotatable bonds is 6. The van der Waals surface area contributed by atoms with E-state index < -0.39 is 11.9 Å². The molecule has 1 fully saturated rings. The van der Waals surface area contributed by atoms with Crippen LogP contribution in [0.1, 0.15) is 30.3 Å². The van der Waals surface area contributed by atoms with Gasteiger partial charge in [-0.25, -0.2) is 14.2 Å². The number of aromatic nitrogens is 1. The first-order valence-electron chi connectivity index (χ1n) is 6.94. The summed E-state index contributed by atoms with van der Waals surface area (Å²) in [6.45, 7) is 3.29. The van der Waals surface area contributed by atoms with Gasteiger partial charge in [-0.2, -0.15) is 0 Å². The summed E-state index contributed by atoms with van der Waals surface area (Å²) in [5.41, 5.74) is 0.182. The molecule has 6 nitrogen and oxygen atoms in total. The van der Waals surface area contributed by atoms with Crippen molar-refractivity contribution in [2.24, 2.45) is 0 Å². The standard InChI is InChI=1S/C14H18FN3O3/c1-2-3-6-21-14(20)17-11-7-18(8-11)13-12(15)5-4-10(9-19)16-13/h4-5,9,11H,2-3,6-8H2,1H3,(H,17,20). The number of halogens is 1. The molecule has 0 spiro atoms. The Balaban J connectivity index is 1.81. The number of amides is 1. The zero-order valence-electron chi connectivity index (χ0n) is 11.8. The molecule has 7 heteroatoms. The van der Waals surface area contributed by atoms with Crippen molar-refractivity contribution in [3.8, 4) is 0 Å². The molecule has 1 saturated heterocycles. The lowest BCUT2D eigenvalue weighted by Gasteiger charge is -2.40. The Bertz CT molecular complexity index is 518. The number of alkyl carbamates (subject to hydrolysis) is 1. The normalized spacial score (nSPS) is 14.5. The number of hydrogen-bond donors (Lipinski definition) is 1. The third-order valence-electron chi connectivity index (χ3n) is 3.20. The van der Waals surface area contributed by atoms with Crippen LogP contribution in [0.3, 0.4) is 0 Å². The quantitative estimate of drug-likeness (QED) is 0.639. The summed E-state index contributed by atoms with van der Waals surface area (Å²) in [6.07, 6.45) is 1.91. The second-order valence-electron chi connectivity index (χ2n) is 4.90. The van der Waals surface area contributed by atoms with Crippen LogP contribution in [0, 0.1) is 5.82 Å². The second-order valence-corrected chi connectivity index (χ2v) is 4.90. The van der Waals surface area contributed by atoms with Crippen molar-refractivity contribution in [2.75, 3.05) is 24.6 Å². The van der Waals surface area contributed by atoms with Gasteiger partial charge in [0.15, 0.2) is 17.9 Å². The van der Waals surface area contributed by atoms with E-state index in [1.54, 1.807) is 4.90 Å². The largest absolute Gasteiger partial charge is 0.450 e. The van der Waals surface area contributed by atoms with Crippen LogP contribution >= 0.6 is 0 Å². The van der Waals surface area contributed by atoms with Crippen LogP contribution < -0.4 is 10.2 Å². The van der Waals surface area contributed by atoms with Crippen molar-refractivity contribution in [1.82, 2.24) is 10.3 Å². The summed E-state index contributed by atoms with van der Waals surface area (Å²) in [6, 6.07) is 2.44. The maximum absolute atomic E-state index is 13.6. The van der Waals surface area contributed by atoms with Gasteiger partial charge in [0.2, 0.25) is 0 Å². The van der Waals surface area contributed by atoms with Crippen molar-refractivity contribution in [3.05, 3.63) is 23.6 Å². The number of ether oxygens (including phenoxy) is 1. The van der Waals surface area contributed by atoms with E-state index in [-0.39, 0.29) is 17.6 Å². The van der Waals surface area contributed by atoms with E-state index in [0.29, 0.717) is 26.0 Å². The summed E-state index contributed by atoms with van der Waals surface area (Å²) in [7, 11) is 0. The van der Waals surface area contributed by atoms with Crippen molar-refractivity contribution in [3.63, 3.8) is 0 Å². The average molecular weight is 295 g/mol. The summed E-state index contributed by atoms with van der Waals surface area (Å²) < 4.78 is 18.6. The molecule has 0 aromatic carbocycles. The van der Waals surface area contributed by atoms with E-state index in [1.165, 1.54) is 12.1 Å². The Morgan fingerprint density at radius 1 is 1.57 bits per heavy atom. The van der Waals surface area contributed by atoms with Gasteiger partial charge in [-0.3, -0.25) is 4.79 Å². The summed E-state index contributed by atoms with van der Waals surface area (Å²) in [4.78, 5) is 27.7. The highest BCUT2D eigenvalue weighted by Gasteiger charge is 2.31. The third-order valence-corrected chi connectivity index (χ3v) is 3.20. The van der Waals surface area contributed by atoms with Gasteiger partial charge in [-0.15, -0.1) is 0 Å². The molecule has 1 aliphatic heterocycles. The van der Waals surface area contributed by atoms with Gasteiger partial charge < -0.3 is 15.0 Å². The molecule has 1 aromatic heterocycles. The summed E-state index contributed by atoms with van der Waals surface area (Å²) >= 11 is 0. The molecule has 2 rings (SSSR count). The SMILES string of the molecule is CCCCOC(=O)NC1CN(c2nc(C=O)ccc2F)C1. The van der Waals surface area contributed by atoms with E-state index in [1.807, 2.05) is 6.92 Å². The molecule has 21 heavy (non-hydrogen) atoms. The molecule has 1 aliphatic rings. The highest BCUT2D eigenvalue weighted by atomic mass is 19.1. The fraction of sp³-hybridized carbons (Fsp3) is 0.500. The number of anilines is 1. The van der Waals surface area contributed by atoms with Crippen LogP contribution in [0.4, 0.5) is 15.0 Å². The second kappa shape index (κ2) is 7.01. The molecule has 0 unspecified atom stereocenters. The van der Waals surface area contributed by atoms with E-state index in [4.69, 9.17) is 4.74 Å². The molecule has 0 bridgehead atoms. The first-order chi connectivity index (χ1) is 10.1. The van der Waals surface area contributed by atoms with Gasteiger partial charge in [0.25, 0.3) is 0 Å². The summed E-state index contributed by atoms with van der Waals surface area (Å²) in [5, 5.41) is 2.70. The van der Waals surface area contributed by atoms with Crippen LogP contribution in [0.15, 0.2) is 12.1 Å². The van der Waals surface area contributed by atoms with Gasteiger partial charge in [0, 0.05) is 13.1 Å². The Labute approximate surface area is 122 Å². The Kier molecular flexibility index (Phi) is 5.08. The van der Waals surface area contributed by atoms with Crippen LogP contribution in [-0.2, 0) is 4.74 Å². The van der Waals surface area contributed by atoms with Crippen LogP contribution in [0.25, 0.3) is 0 Å². The predicted octanol–water partition coefficient (Wildman–Crippen LogP) is 1.75. The van der Waals surface area contributed by atoms with Gasteiger partial charge in [-0.1, -0.05) is 13.3 Å². The molecular weight excluding hydrogens is 277 g/mol. The van der Waals surface area contributed by atoms with Crippen molar-refractivity contribution in [2.45, 2.75) is 25.8 Å². The van der Waals surface area contributed by atoms with E-state index in [9.17, 15) is 14.0 Å². The van der Waals surface area contributed by atoms with Gasteiger partial charge in [0.1, 0.15) is 5.69 Å². The molecule has 1 N–H and O–H groups in total. The van der Waals surface area contributed by atoms with E-state index in [2.05, 4.69) is 10.3 Å². The molecule has 0 aliphatic carbocycles. The number of hydrogen-bond acceptors (Lipinski definition) is 5. The third kappa shape index (κ3) is 3.90. The number of nitrogens with one attached hydrogen (secondary N) is 1. The molecular formula is C14H18FN3O3. The number of pyridine rings is 1. The molecule has 1 amide bonds. The highest BCUT2D eigenvalue weighted by Crippen LogP contribution is 2.22. The first kappa shape index (κ1) is 15.2. The van der Waals surface area contributed by atoms with Crippen molar-refractivity contribution >= 4 is 18.2 Å². The zero-order valence-corrected chi connectivity index (χ0v) is 11.8. The first-order valence-corrected chi connectivity index (χ1v) is 6.94. The Morgan fingerprint density at radius 2 is 2.33 bits per heavy atom. The minimum atomic E-state index is -0.482. The molecule has 0 saturated carbocycles. The minimum absolute atomic E-state index is 0.0970. The fourth-order valence-corrected chi connectivity index (χ4v) is 1.99. The topological polar surface area (TPSA) is 71.5 Å². The molecule has 0 radical (unpaired) electrons.